The Balaban J connectivity index is 4.39. The van der Waals surface area contributed by atoms with Crippen LogP contribution in [-0.2, 0) is 27.2 Å². The van der Waals surface area contributed by atoms with E-state index in [9.17, 15) is 4.79 Å². The van der Waals surface area contributed by atoms with Gasteiger partial charge in [0, 0.05) is 20.3 Å². The lowest BCUT2D eigenvalue weighted by Crippen LogP contribution is -2.49. The van der Waals surface area contributed by atoms with Gasteiger partial charge in [0.2, 0.25) is 0 Å². The second kappa shape index (κ2) is 8.37. The van der Waals surface area contributed by atoms with Gasteiger partial charge in [0.05, 0.1) is 6.10 Å². The number of rotatable bonds is 8. The van der Waals surface area contributed by atoms with Crippen molar-refractivity contribution in [1.29, 1.82) is 0 Å². The average molecular weight is 264 g/mol. The quantitative estimate of drug-likeness (QED) is 0.373. The van der Waals surface area contributed by atoms with Gasteiger partial charge in [0.1, 0.15) is 6.79 Å². The highest BCUT2D eigenvalue weighted by molar-refractivity contribution is 6.55. The van der Waals surface area contributed by atoms with Crippen LogP contribution in [0.5, 0.6) is 0 Å². The van der Waals surface area contributed by atoms with Gasteiger partial charge in [-0.2, -0.15) is 0 Å². The maximum absolute atomic E-state index is 11.3. The van der Waals surface area contributed by atoms with Crippen molar-refractivity contribution in [3.63, 3.8) is 0 Å². The normalized spacial score (nSPS) is 12.4. The Hall–Kier alpha value is -0.733. The van der Waals surface area contributed by atoms with Gasteiger partial charge in [0.25, 0.3) is 0 Å². The summed E-state index contributed by atoms with van der Waals surface area (Å²) in [6, 6.07) is 0. The van der Waals surface area contributed by atoms with Crippen LogP contribution in [0.4, 0.5) is 0 Å². The van der Waals surface area contributed by atoms with Crippen molar-refractivity contribution in [3.8, 4) is 0 Å². The van der Waals surface area contributed by atoms with Crippen molar-refractivity contribution < 1.29 is 27.2 Å². The summed E-state index contributed by atoms with van der Waals surface area (Å²) < 4.78 is 25.5. The van der Waals surface area contributed by atoms with Crippen LogP contribution in [0.3, 0.4) is 0 Å². The first-order valence-corrected chi connectivity index (χ1v) is 6.84. The minimum atomic E-state index is -3.44. The van der Waals surface area contributed by atoms with E-state index in [2.05, 4.69) is 0 Å². The third-order valence-electron chi connectivity index (χ3n) is 1.67. The molecule has 0 fully saturated rings. The highest BCUT2D eigenvalue weighted by Crippen LogP contribution is 2.10. The van der Waals surface area contributed by atoms with E-state index in [-0.39, 0.29) is 12.9 Å². The first-order valence-electron chi connectivity index (χ1n) is 5.21. The smallest absolute Gasteiger partial charge is 0.449 e. The van der Waals surface area contributed by atoms with Gasteiger partial charge in [-0.3, -0.25) is 0 Å². The second-order valence-electron chi connectivity index (χ2n) is 3.31. The zero-order chi connectivity index (χ0) is 13.3. The zero-order valence-electron chi connectivity index (χ0n) is 10.9. The topological polar surface area (TPSA) is 63.2 Å². The Morgan fingerprint density at radius 3 is 2.29 bits per heavy atom. The van der Waals surface area contributed by atoms with E-state index in [0.29, 0.717) is 0 Å². The van der Waals surface area contributed by atoms with E-state index in [4.69, 9.17) is 22.4 Å². The van der Waals surface area contributed by atoms with Gasteiger partial charge in [-0.1, -0.05) is 6.08 Å². The molecule has 0 radical (unpaired) electrons. The Morgan fingerprint density at radius 2 is 1.88 bits per heavy atom. The molecule has 0 bridgehead atoms. The van der Waals surface area contributed by atoms with Crippen LogP contribution in [0.25, 0.3) is 0 Å². The molecule has 100 valence electrons. The molecule has 0 aliphatic carbocycles. The summed E-state index contributed by atoms with van der Waals surface area (Å²) >= 11 is 0. The van der Waals surface area contributed by atoms with Crippen LogP contribution >= 0.6 is 0 Å². The highest BCUT2D eigenvalue weighted by Gasteiger charge is 2.48. The van der Waals surface area contributed by atoms with Crippen molar-refractivity contribution in [2.45, 2.75) is 26.9 Å². The SMILES string of the molecule is CC=CC(=O)O[Si](OC)(OC)OCOC(C)C. The molecule has 0 aromatic rings. The lowest BCUT2D eigenvalue weighted by molar-refractivity contribution is -0.143. The first-order chi connectivity index (χ1) is 7.99. The fourth-order valence-electron chi connectivity index (χ4n) is 0.850. The van der Waals surface area contributed by atoms with Gasteiger partial charge >= 0.3 is 15.0 Å². The van der Waals surface area contributed by atoms with Gasteiger partial charge in [-0.05, 0) is 20.8 Å². The second-order valence-corrected chi connectivity index (χ2v) is 5.62. The van der Waals surface area contributed by atoms with Crippen LogP contribution in [0.15, 0.2) is 12.2 Å². The molecule has 0 aromatic carbocycles. The lowest BCUT2D eigenvalue weighted by Gasteiger charge is -2.23. The van der Waals surface area contributed by atoms with E-state index >= 15 is 0 Å². The number of allylic oxidation sites excluding steroid dienone is 1. The molecule has 0 saturated carbocycles. The molecule has 0 unspecified atom stereocenters. The summed E-state index contributed by atoms with van der Waals surface area (Å²) in [5.41, 5.74) is 0. The molecular formula is C10H20O6Si. The summed E-state index contributed by atoms with van der Waals surface area (Å²) in [6.07, 6.45) is 2.81. The van der Waals surface area contributed by atoms with Crippen LogP contribution in [0.1, 0.15) is 20.8 Å². The Bertz CT molecular complexity index is 249. The Kier molecular flexibility index (Phi) is 8.01. The van der Waals surface area contributed by atoms with Crippen LogP contribution in [0.2, 0.25) is 0 Å². The lowest BCUT2D eigenvalue weighted by atomic mass is 10.5. The van der Waals surface area contributed by atoms with Gasteiger partial charge in [-0.25, -0.2) is 4.79 Å². The minimum Gasteiger partial charge on any atom is -0.449 e. The fourth-order valence-corrected chi connectivity index (χ4v) is 2.00. The maximum atomic E-state index is 11.3. The van der Waals surface area contributed by atoms with Gasteiger partial charge < -0.3 is 22.4 Å². The number of carbonyl (C=O) groups excluding carboxylic acids is 1. The molecule has 7 heteroatoms. The third kappa shape index (κ3) is 6.54. The molecule has 6 nitrogen and oxygen atoms in total. The van der Waals surface area contributed by atoms with Crippen LogP contribution < -0.4 is 0 Å². The molecule has 0 rings (SSSR count). The summed E-state index contributed by atoms with van der Waals surface area (Å²) in [7, 11) is -0.726. The molecule has 0 aromatic heterocycles. The van der Waals surface area contributed by atoms with Crippen molar-refractivity contribution in [2.75, 3.05) is 21.0 Å². The van der Waals surface area contributed by atoms with Crippen LogP contribution in [0, 0.1) is 0 Å². The molecule has 0 amide bonds. The third-order valence-corrected chi connectivity index (χ3v) is 3.59. The van der Waals surface area contributed by atoms with Crippen molar-refractivity contribution >= 4 is 15.0 Å². The molecule has 17 heavy (non-hydrogen) atoms. The van der Waals surface area contributed by atoms with Crippen molar-refractivity contribution in [3.05, 3.63) is 12.2 Å². The monoisotopic (exact) mass is 264 g/mol. The predicted molar refractivity (Wildman–Crippen MR) is 62.9 cm³/mol. The number of ether oxygens (including phenoxy) is 1. The summed E-state index contributed by atoms with van der Waals surface area (Å²) in [5, 5.41) is 0. The number of carbonyl (C=O) groups is 1. The molecule has 0 atom stereocenters. The number of hydrogen-bond acceptors (Lipinski definition) is 6. The highest BCUT2D eigenvalue weighted by atomic mass is 28.4. The summed E-state index contributed by atoms with van der Waals surface area (Å²) in [5.74, 6) is -0.576. The summed E-state index contributed by atoms with van der Waals surface area (Å²) in [4.78, 5) is 11.3. The van der Waals surface area contributed by atoms with Crippen molar-refractivity contribution in [1.82, 2.24) is 0 Å². The minimum absolute atomic E-state index is 0.00153. The van der Waals surface area contributed by atoms with E-state index in [0.717, 1.165) is 0 Å². The average Bonchev–Trinajstić information content (AvgIpc) is 2.27. The first kappa shape index (κ1) is 16.3. The Labute approximate surface area is 103 Å². The van der Waals surface area contributed by atoms with E-state index in [1.54, 1.807) is 13.0 Å². The molecule has 0 heterocycles. The molecule has 0 spiro atoms. The van der Waals surface area contributed by atoms with E-state index in [1.807, 2.05) is 13.8 Å². The van der Waals surface area contributed by atoms with Gasteiger partial charge in [0.15, 0.2) is 0 Å². The largest absolute Gasteiger partial charge is 0.753 e. The number of hydrogen-bond donors (Lipinski definition) is 0. The zero-order valence-corrected chi connectivity index (χ0v) is 11.9. The molecule has 0 aliphatic heterocycles. The predicted octanol–water partition coefficient (Wildman–Crippen LogP) is 1.23. The van der Waals surface area contributed by atoms with Crippen LogP contribution in [-0.4, -0.2) is 42.1 Å². The molecule has 0 N–H and O–H groups in total. The van der Waals surface area contributed by atoms with E-state index in [1.165, 1.54) is 20.3 Å². The summed E-state index contributed by atoms with van der Waals surface area (Å²) in [6.45, 7) is 5.36. The molecule has 0 aliphatic rings. The maximum Gasteiger partial charge on any atom is 0.753 e. The van der Waals surface area contributed by atoms with Gasteiger partial charge in [-0.15, -0.1) is 0 Å². The Morgan fingerprint density at radius 1 is 1.29 bits per heavy atom. The fraction of sp³-hybridized carbons (Fsp3) is 0.700. The molecule has 0 saturated heterocycles. The molecular weight excluding hydrogens is 244 g/mol. The van der Waals surface area contributed by atoms with Crippen molar-refractivity contribution in [2.24, 2.45) is 0 Å². The standard InChI is InChI=1S/C10H20O6Si/c1-6-7-10(11)16-17(12-4,13-5)15-8-14-9(2)3/h6-7,9H,8H2,1-5H3. The van der Waals surface area contributed by atoms with E-state index < -0.39 is 15.0 Å².